The van der Waals surface area contributed by atoms with Crippen LogP contribution < -0.4 is 38.5 Å². The second-order valence-corrected chi connectivity index (χ2v) is 42.8. The number of anilines is 8. The number of hydrogen-bond donors (Lipinski definition) is 4. The standard InChI is InChI=1S/C28H27N3O3S.C27H25N3O3S.C26H23ClN4O3S.C26H24N4O3S/c1-19-9-10-22(18-26(19)27-25-8-4-3-7-21(25)13-14-29-27)30-28(32)24-12-11-23(17-20(24)2)31-15-5-6-16-35(31,33)34;1-19-8-12-22(18-24(19)26-15-11-20-6-2-3-7-25(20)29-26)28-27(31)21-9-13-23(14-10-21)30-16-4-5-17-34(30,32)33;1-17-14-20(31-12-2-3-13-35(31,33)34)6-7-21(17)26(32)29-19-5-8-23(27)22(15-19)25-9-4-18-16-28-11-10-24(18)30-25;1-18-6-9-20(17-22(18)23-12-13-24-25(29-23)5-4-14-27-24)28-26(31)19-7-10-21(11-8-19)30-15-2-3-16-34(30,32)33/h3-4,7-14,17-18H,5-6,15-16H2,1-2H3,(H,30,32);2-3,6-15,18H,4-5,16-17H2,1H3,(H,28,31);4-11,14-16H,2-3,12-13H2,1H3,(H,29,32);4-14,17H,2-3,15-16H2,1H3,(H,28,31). The Hall–Kier alpha value is -14.7. The number of halogens is 1. The van der Waals surface area contributed by atoms with Crippen LogP contribution in [-0.4, -0.2) is 136 Å². The molecule has 0 unspecified atom stereocenters. The first kappa shape index (κ1) is 95.1. The summed E-state index contributed by atoms with van der Waals surface area (Å²) in [6.07, 6.45) is 13.0. The quantitative estimate of drug-likeness (QED) is 0.0698. The van der Waals surface area contributed by atoms with Crippen LogP contribution in [0.3, 0.4) is 0 Å². The first-order valence-electron chi connectivity index (χ1n) is 45.4. The third-order valence-corrected chi connectivity index (χ3v) is 32.5. The smallest absolute Gasteiger partial charge is 0.255 e. The number of nitrogens with zero attached hydrogens (tertiary/aromatic N) is 10. The van der Waals surface area contributed by atoms with Gasteiger partial charge in [-0.05, 0) is 319 Å². The number of para-hydroxylation sites is 1. The lowest BCUT2D eigenvalue weighted by Crippen LogP contribution is -2.37. The summed E-state index contributed by atoms with van der Waals surface area (Å²) < 4.78 is 105. The molecule has 10 heterocycles. The Labute approximate surface area is 806 Å². The number of sulfonamides is 4. The third-order valence-electron chi connectivity index (χ3n) is 24.7. The molecule has 26 nitrogen and oxygen atoms in total. The van der Waals surface area contributed by atoms with Gasteiger partial charge in [0.25, 0.3) is 23.6 Å². The van der Waals surface area contributed by atoms with Gasteiger partial charge in [-0.3, -0.25) is 51.4 Å². The molecule has 4 fully saturated rings. The molecule has 10 aromatic carbocycles. The normalized spacial score (nSPS) is 15.2. The van der Waals surface area contributed by atoms with E-state index >= 15 is 0 Å². The maximum absolute atomic E-state index is 13.1. The number of benzene rings is 10. The summed E-state index contributed by atoms with van der Waals surface area (Å²) in [5, 5.41) is 16.5. The molecule has 700 valence electrons. The SMILES string of the molecule is Cc1cc(N2CCCCS2(=O)=O)ccc1C(=O)Nc1ccc(C)c(-c2nccc3ccccc23)c1.Cc1cc(N2CCCCS2(=O)=O)ccc1C(=O)Nc1ccc(Cl)c(-c2ccc3cnccc3n2)c1.Cc1ccc(NC(=O)c2ccc(N3CCCCS3(=O)=O)cc2)cc1-c1ccc2ccccc2n1.Cc1ccc(NC(=O)c2ccc(N3CCCCS3(=O)=O)cc2)cc1-c1ccc2ncccc2n1. The van der Waals surface area contributed by atoms with Gasteiger partial charge in [-0.1, -0.05) is 78.3 Å². The van der Waals surface area contributed by atoms with Crippen molar-refractivity contribution < 1.29 is 52.8 Å². The number of aromatic nitrogens is 6. The Morgan fingerprint density at radius 1 is 0.304 bits per heavy atom. The lowest BCUT2D eigenvalue weighted by molar-refractivity contribution is 0.101. The molecule has 4 N–H and O–H groups in total. The largest absolute Gasteiger partial charge is 0.322 e. The van der Waals surface area contributed by atoms with Gasteiger partial charge in [0.2, 0.25) is 40.1 Å². The maximum Gasteiger partial charge on any atom is 0.255 e. The van der Waals surface area contributed by atoms with E-state index in [9.17, 15) is 52.8 Å². The molecule has 31 heteroatoms. The Morgan fingerprint density at radius 3 is 1.20 bits per heavy atom. The molecule has 20 rings (SSSR count). The molecule has 0 aliphatic carbocycles. The van der Waals surface area contributed by atoms with Crippen molar-refractivity contribution in [1.29, 1.82) is 0 Å². The predicted octanol–water partition coefficient (Wildman–Crippen LogP) is 21.3. The second kappa shape index (κ2) is 41.1. The van der Waals surface area contributed by atoms with Gasteiger partial charge < -0.3 is 21.3 Å². The van der Waals surface area contributed by atoms with Crippen LogP contribution in [-0.2, 0) is 40.1 Å². The Balaban J connectivity index is 0.000000127. The van der Waals surface area contributed by atoms with Crippen LogP contribution in [0.2, 0.25) is 5.02 Å². The minimum atomic E-state index is -3.31. The van der Waals surface area contributed by atoms with E-state index in [2.05, 4.69) is 53.3 Å². The average molecular weight is 1940 g/mol. The molecular formula is C107H99ClN14O12S4. The number of aryl methyl sites for hydroxylation is 5. The van der Waals surface area contributed by atoms with E-state index in [-0.39, 0.29) is 46.6 Å². The summed E-state index contributed by atoms with van der Waals surface area (Å²) in [6, 6.07) is 81.6. The van der Waals surface area contributed by atoms with Gasteiger partial charge in [0, 0.05) is 134 Å². The molecule has 0 saturated carbocycles. The highest BCUT2D eigenvalue weighted by atomic mass is 35.5. The van der Waals surface area contributed by atoms with E-state index in [0.29, 0.717) is 141 Å². The van der Waals surface area contributed by atoms with Crippen molar-refractivity contribution in [3.63, 3.8) is 0 Å². The topological polar surface area (TPSA) is 343 Å². The monoisotopic (exact) mass is 1930 g/mol. The van der Waals surface area contributed by atoms with E-state index in [0.717, 1.165) is 125 Å². The number of hydrogen-bond acceptors (Lipinski definition) is 18. The number of nitrogens with one attached hydrogen (secondary N) is 4. The van der Waals surface area contributed by atoms with E-state index < -0.39 is 40.1 Å². The van der Waals surface area contributed by atoms with Crippen molar-refractivity contribution in [1.82, 2.24) is 29.9 Å². The van der Waals surface area contributed by atoms with Crippen molar-refractivity contribution in [2.45, 2.75) is 86.0 Å². The average Bonchev–Trinajstić information content (AvgIpc) is 0.840. The molecule has 0 radical (unpaired) electrons. The highest BCUT2D eigenvalue weighted by molar-refractivity contribution is 7.93. The van der Waals surface area contributed by atoms with E-state index in [1.165, 1.54) is 17.2 Å². The van der Waals surface area contributed by atoms with Crippen LogP contribution in [0.25, 0.3) is 88.6 Å². The molecular weight excluding hydrogens is 1840 g/mol. The summed E-state index contributed by atoms with van der Waals surface area (Å²) >= 11 is 6.46. The molecule has 0 atom stereocenters. The third kappa shape index (κ3) is 21.7. The molecule has 6 aromatic heterocycles. The molecule has 4 aliphatic heterocycles. The summed E-state index contributed by atoms with van der Waals surface area (Å²) in [4.78, 5) is 79.2. The van der Waals surface area contributed by atoms with Crippen LogP contribution in [0.1, 0.15) is 121 Å². The lowest BCUT2D eigenvalue weighted by atomic mass is 9.99. The Morgan fingerprint density at radius 2 is 0.703 bits per heavy atom. The number of pyridine rings is 6. The molecule has 0 bridgehead atoms. The minimum absolute atomic E-state index is 0.149. The molecule has 4 saturated heterocycles. The Kier molecular flexibility index (Phi) is 28.3. The number of carbonyl (C=O) groups is 4. The second-order valence-electron chi connectivity index (χ2n) is 34.3. The van der Waals surface area contributed by atoms with Gasteiger partial charge in [0.1, 0.15) is 0 Å². The number of rotatable bonds is 16. The van der Waals surface area contributed by atoms with Gasteiger partial charge in [0.05, 0.1) is 95.6 Å². The van der Waals surface area contributed by atoms with E-state index in [4.69, 9.17) is 21.6 Å². The van der Waals surface area contributed by atoms with Crippen molar-refractivity contribution in [3.05, 3.63) is 347 Å². The van der Waals surface area contributed by atoms with Crippen LogP contribution >= 0.6 is 11.6 Å². The number of carbonyl (C=O) groups excluding carboxylic acids is 4. The summed E-state index contributed by atoms with van der Waals surface area (Å²) in [5.41, 5.74) is 21.6. The lowest BCUT2D eigenvalue weighted by Gasteiger charge is -2.28. The van der Waals surface area contributed by atoms with Gasteiger partial charge in [-0.15, -0.1) is 0 Å². The predicted molar refractivity (Wildman–Crippen MR) is 552 cm³/mol. The highest BCUT2D eigenvalue weighted by Crippen LogP contribution is 2.38. The van der Waals surface area contributed by atoms with Gasteiger partial charge >= 0.3 is 0 Å². The molecule has 0 spiro atoms. The fourth-order valence-corrected chi connectivity index (χ4v) is 24.0. The molecule has 16 aromatic rings. The van der Waals surface area contributed by atoms with E-state index in [1.807, 2.05) is 179 Å². The first-order valence-corrected chi connectivity index (χ1v) is 52.2. The minimum Gasteiger partial charge on any atom is -0.322 e. The Bertz CT molecular complexity index is 7680. The molecule has 4 aliphatic rings. The van der Waals surface area contributed by atoms with Gasteiger partial charge in [0.15, 0.2) is 0 Å². The fourth-order valence-electron chi connectivity index (χ4n) is 17.3. The number of fused-ring (bicyclic) bond motifs is 4. The zero-order valence-corrected chi connectivity index (χ0v) is 80.4. The van der Waals surface area contributed by atoms with Crippen LogP contribution in [0.15, 0.2) is 292 Å². The van der Waals surface area contributed by atoms with Crippen LogP contribution in [0, 0.1) is 34.6 Å². The molecule has 4 amide bonds. The molecule has 138 heavy (non-hydrogen) atoms. The van der Waals surface area contributed by atoms with Crippen LogP contribution in [0.5, 0.6) is 0 Å². The van der Waals surface area contributed by atoms with Gasteiger partial charge in [-0.25, -0.2) is 48.6 Å². The van der Waals surface area contributed by atoms with Crippen molar-refractivity contribution >= 4 is 164 Å². The summed E-state index contributed by atoms with van der Waals surface area (Å²) in [7, 11) is -13.2. The summed E-state index contributed by atoms with van der Waals surface area (Å²) in [5.74, 6) is -0.415. The maximum atomic E-state index is 13.1. The highest BCUT2D eigenvalue weighted by Gasteiger charge is 2.32. The van der Waals surface area contributed by atoms with Crippen molar-refractivity contribution in [3.8, 4) is 45.0 Å². The van der Waals surface area contributed by atoms with Crippen LogP contribution in [0.4, 0.5) is 45.5 Å². The summed E-state index contributed by atoms with van der Waals surface area (Å²) in [6.45, 7) is 11.6. The fraction of sp³-hybridized carbons (Fsp3) is 0.196. The number of amides is 4. The zero-order valence-electron chi connectivity index (χ0n) is 76.4. The van der Waals surface area contributed by atoms with E-state index in [1.54, 1.807) is 135 Å². The van der Waals surface area contributed by atoms with Crippen molar-refractivity contribution in [2.75, 3.05) is 87.7 Å². The van der Waals surface area contributed by atoms with Gasteiger partial charge in [-0.2, -0.15) is 0 Å². The first-order chi connectivity index (χ1) is 66.5. The van der Waals surface area contributed by atoms with Crippen molar-refractivity contribution in [2.24, 2.45) is 0 Å². The zero-order chi connectivity index (χ0) is 96.6.